The van der Waals surface area contributed by atoms with Gasteiger partial charge in [0.25, 0.3) is 0 Å². The molecule has 0 aliphatic carbocycles. The van der Waals surface area contributed by atoms with Crippen LogP contribution in [0.1, 0.15) is 18.3 Å². The highest BCUT2D eigenvalue weighted by molar-refractivity contribution is 5.16. The van der Waals surface area contributed by atoms with E-state index in [1.165, 1.54) is 0 Å². The number of ether oxygens (including phenoxy) is 4. The number of hydrogen-bond acceptors (Lipinski definition) is 5. The molecule has 104 valence electrons. The lowest BCUT2D eigenvalue weighted by atomic mass is 9.98. The van der Waals surface area contributed by atoms with Crippen molar-refractivity contribution in [2.45, 2.75) is 37.3 Å². The lowest BCUT2D eigenvalue weighted by Crippen LogP contribution is -2.58. The Kier molecular flexibility index (Phi) is 3.81. The average Bonchev–Trinajstić information content (AvgIpc) is 2.47. The van der Waals surface area contributed by atoms with Crippen LogP contribution in [0.25, 0.3) is 0 Å². The van der Waals surface area contributed by atoms with Crippen molar-refractivity contribution in [2.24, 2.45) is 5.73 Å². The number of hydrogen-bond donors (Lipinski definition) is 1. The molecule has 0 radical (unpaired) electrons. The zero-order valence-electron chi connectivity index (χ0n) is 10.9. The van der Waals surface area contributed by atoms with E-state index in [1.54, 1.807) is 7.11 Å². The van der Waals surface area contributed by atoms with Crippen LogP contribution >= 0.6 is 0 Å². The fraction of sp³-hybridized carbons (Fsp3) is 0.571. The average molecular weight is 265 g/mol. The van der Waals surface area contributed by atoms with Crippen LogP contribution in [0.3, 0.4) is 0 Å². The highest BCUT2D eigenvalue weighted by Gasteiger charge is 2.43. The van der Waals surface area contributed by atoms with Gasteiger partial charge in [0.15, 0.2) is 12.6 Å². The summed E-state index contributed by atoms with van der Waals surface area (Å²) in [5.74, 6) is 0. The second kappa shape index (κ2) is 5.56. The quantitative estimate of drug-likeness (QED) is 0.870. The van der Waals surface area contributed by atoms with Gasteiger partial charge < -0.3 is 24.7 Å². The van der Waals surface area contributed by atoms with E-state index in [2.05, 4.69) is 0 Å². The fourth-order valence-corrected chi connectivity index (χ4v) is 2.58. The summed E-state index contributed by atoms with van der Waals surface area (Å²) in [5.41, 5.74) is 7.16. The summed E-state index contributed by atoms with van der Waals surface area (Å²) >= 11 is 0. The van der Waals surface area contributed by atoms with E-state index >= 15 is 0 Å². The molecule has 2 N–H and O–H groups in total. The molecule has 0 unspecified atom stereocenters. The van der Waals surface area contributed by atoms with Crippen molar-refractivity contribution in [2.75, 3.05) is 13.7 Å². The molecule has 0 spiro atoms. The molecule has 0 aromatic heterocycles. The molecule has 5 heteroatoms. The zero-order valence-corrected chi connectivity index (χ0v) is 10.9. The normalized spacial score (nSPS) is 38.7. The molecule has 2 fully saturated rings. The second-order valence-corrected chi connectivity index (χ2v) is 4.92. The van der Waals surface area contributed by atoms with Crippen LogP contribution in [0.2, 0.25) is 0 Å². The summed E-state index contributed by atoms with van der Waals surface area (Å²) in [5, 5.41) is 0. The van der Waals surface area contributed by atoms with E-state index in [4.69, 9.17) is 24.7 Å². The summed E-state index contributed by atoms with van der Waals surface area (Å²) in [4.78, 5) is 0. The molecule has 1 aromatic rings. The summed E-state index contributed by atoms with van der Waals surface area (Å²) in [6.07, 6.45) is -0.300. The number of nitrogens with two attached hydrogens (primary N) is 1. The molecule has 5 atom stereocenters. The molecule has 0 bridgehead atoms. The summed E-state index contributed by atoms with van der Waals surface area (Å²) < 4.78 is 22.6. The Morgan fingerprint density at radius 2 is 2.00 bits per heavy atom. The summed E-state index contributed by atoms with van der Waals surface area (Å²) in [6.45, 7) is 0.470. The first-order valence-corrected chi connectivity index (χ1v) is 6.54. The minimum atomic E-state index is -0.365. The maximum Gasteiger partial charge on any atom is 0.184 e. The predicted octanol–water partition coefficient (Wildman–Crippen LogP) is 1.19. The van der Waals surface area contributed by atoms with Gasteiger partial charge in [-0.1, -0.05) is 30.3 Å². The molecule has 19 heavy (non-hydrogen) atoms. The van der Waals surface area contributed by atoms with Gasteiger partial charge in [0, 0.05) is 25.1 Å². The number of rotatable bonds is 2. The van der Waals surface area contributed by atoms with Crippen molar-refractivity contribution >= 4 is 0 Å². The van der Waals surface area contributed by atoms with Gasteiger partial charge in [-0.05, 0) is 0 Å². The molecule has 0 amide bonds. The Morgan fingerprint density at radius 1 is 1.21 bits per heavy atom. The van der Waals surface area contributed by atoms with Crippen molar-refractivity contribution in [1.29, 1.82) is 0 Å². The van der Waals surface area contributed by atoms with E-state index in [-0.39, 0.29) is 30.8 Å². The van der Waals surface area contributed by atoms with Gasteiger partial charge in [-0.3, -0.25) is 0 Å². The molecule has 2 saturated heterocycles. The number of fused-ring (bicyclic) bond motifs is 1. The summed E-state index contributed by atoms with van der Waals surface area (Å²) in [7, 11) is 1.62. The highest BCUT2D eigenvalue weighted by Crippen LogP contribution is 2.33. The number of methoxy groups -OCH3 is 1. The Morgan fingerprint density at radius 3 is 2.74 bits per heavy atom. The first-order chi connectivity index (χ1) is 9.28. The largest absolute Gasteiger partial charge is 0.356 e. The van der Waals surface area contributed by atoms with Gasteiger partial charge in [0.2, 0.25) is 0 Å². The maximum absolute atomic E-state index is 6.16. The lowest BCUT2D eigenvalue weighted by molar-refractivity contribution is -0.317. The second-order valence-electron chi connectivity index (χ2n) is 4.92. The minimum Gasteiger partial charge on any atom is -0.356 e. The monoisotopic (exact) mass is 265 g/mol. The molecule has 0 saturated carbocycles. The van der Waals surface area contributed by atoms with Crippen molar-refractivity contribution in [3.8, 4) is 0 Å². The van der Waals surface area contributed by atoms with Gasteiger partial charge in [-0.25, -0.2) is 0 Å². The van der Waals surface area contributed by atoms with Crippen LogP contribution in [-0.2, 0) is 18.9 Å². The molecule has 2 aliphatic rings. The Bertz CT molecular complexity index is 413. The molecule has 5 nitrogen and oxygen atoms in total. The van der Waals surface area contributed by atoms with Gasteiger partial charge in [-0.2, -0.15) is 0 Å². The minimum absolute atomic E-state index is 0.0983. The van der Waals surface area contributed by atoms with Crippen molar-refractivity contribution in [3.63, 3.8) is 0 Å². The molecule has 3 rings (SSSR count). The summed E-state index contributed by atoms with van der Waals surface area (Å²) in [6, 6.07) is 9.77. The third-order valence-corrected chi connectivity index (χ3v) is 3.61. The SMILES string of the molecule is CO[C@H]1C[C@H](N)[C@H]2O[C@@H](c3ccccc3)OC[C@@H]2O1. The molecular formula is C14H19NO4. The molecular weight excluding hydrogens is 246 g/mol. The zero-order chi connectivity index (χ0) is 13.2. The first-order valence-electron chi connectivity index (χ1n) is 6.54. The van der Waals surface area contributed by atoms with E-state index in [0.29, 0.717) is 13.0 Å². The maximum atomic E-state index is 6.16. The standard InChI is InChI=1S/C14H19NO4/c1-16-12-7-10(15)13-11(18-12)8-17-14(19-13)9-5-3-2-4-6-9/h2-6,10-14H,7-8,15H2,1H3/t10-,11-,12+,13+,14-/m0/s1. The van der Waals surface area contributed by atoms with Crippen LogP contribution in [-0.4, -0.2) is 38.3 Å². The molecule has 1 aromatic carbocycles. The van der Waals surface area contributed by atoms with Crippen LogP contribution in [0, 0.1) is 0 Å². The first kappa shape index (κ1) is 13.0. The molecule has 2 aliphatic heterocycles. The van der Waals surface area contributed by atoms with Crippen LogP contribution in [0.15, 0.2) is 30.3 Å². The Labute approximate surface area is 112 Å². The van der Waals surface area contributed by atoms with Gasteiger partial charge in [-0.15, -0.1) is 0 Å². The lowest BCUT2D eigenvalue weighted by Gasteiger charge is -2.44. The highest BCUT2D eigenvalue weighted by atomic mass is 16.7. The third kappa shape index (κ3) is 2.66. The van der Waals surface area contributed by atoms with Crippen molar-refractivity contribution in [1.82, 2.24) is 0 Å². The number of benzene rings is 1. The van der Waals surface area contributed by atoms with E-state index < -0.39 is 0 Å². The third-order valence-electron chi connectivity index (χ3n) is 3.61. The Hall–Kier alpha value is -0.980. The topological polar surface area (TPSA) is 62.9 Å². The van der Waals surface area contributed by atoms with E-state index in [0.717, 1.165) is 5.56 Å². The van der Waals surface area contributed by atoms with E-state index in [9.17, 15) is 0 Å². The fourth-order valence-electron chi connectivity index (χ4n) is 2.58. The van der Waals surface area contributed by atoms with Gasteiger partial charge >= 0.3 is 0 Å². The van der Waals surface area contributed by atoms with Crippen LogP contribution in [0.4, 0.5) is 0 Å². The van der Waals surface area contributed by atoms with Crippen molar-refractivity contribution < 1.29 is 18.9 Å². The van der Waals surface area contributed by atoms with Crippen LogP contribution < -0.4 is 5.73 Å². The van der Waals surface area contributed by atoms with E-state index in [1.807, 2.05) is 30.3 Å². The smallest absolute Gasteiger partial charge is 0.184 e. The van der Waals surface area contributed by atoms with Crippen molar-refractivity contribution in [3.05, 3.63) is 35.9 Å². The van der Waals surface area contributed by atoms with Gasteiger partial charge in [0.05, 0.1) is 6.61 Å². The molecule has 2 heterocycles. The predicted molar refractivity (Wildman–Crippen MR) is 68.3 cm³/mol. The van der Waals surface area contributed by atoms with Gasteiger partial charge in [0.1, 0.15) is 12.2 Å². The Balaban J connectivity index is 1.70. The van der Waals surface area contributed by atoms with Crippen LogP contribution in [0.5, 0.6) is 0 Å².